The summed E-state index contributed by atoms with van der Waals surface area (Å²) in [5.74, 6) is 1.33. The summed E-state index contributed by atoms with van der Waals surface area (Å²) in [6.45, 7) is 6.64. The fourth-order valence-electron chi connectivity index (χ4n) is 3.58. The molecule has 2 aromatic carbocycles. The predicted octanol–water partition coefficient (Wildman–Crippen LogP) is 3.74. The monoisotopic (exact) mass is 394 g/mol. The second-order valence-corrected chi connectivity index (χ2v) is 7.80. The average Bonchev–Trinajstić information content (AvgIpc) is 2.77. The Labute approximate surface area is 173 Å². The van der Waals surface area contributed by atoms with Gasteiger partial charge in [-0.2, -0.15) is 0 Å². The van der Waals surface area contributed by atoms with Gasteiger partial charge in [0, 0.05) is 38.2 Å². The Balaban J connectivity index is 1.48. The van der Waals surface area contributed by atoms with Crippen molar-refractivity contribution >= 4 is 11.8 Å². The smallest absolute Gasteiger partial charge is 0.254 e. The molecule has 0 spiro atoms. The minimum absolute atomic E-state index is 0.0127. The van der Waals surface area contributed by atoms with Gasteiger partial charge in [-0.1, -0.05) is 44.2 Å². The van der Waals surface area contributed by atoms with E-state index < -0.39 is 0 Å². The molecule has 154 valence electrons. The Morgan fingerprint density at radius 3 is 2.24 bits per heavy atom. The zero-order valence-electron chi connectivity index (χ0n) is 17.6. The minimum Gasteiger partial charge on any atom is -0.497 e. The van der Waals surface area contributed by atoms with Crippen LogP contribution in [0.2, 0.25) is 0 Å². The molecule has 29 heavy (non-hydrogen) atoms. The maximum absolute atomic E-state index is 12.7. The van der Waals surface area contributed by atoms with Crippen LogP contribution in [-0.2, 0) is 11.2 Å². The number of rotatable bonds is 6. The summed E-state index contributed by atoms with van der Waals surface area (Å²) in [6.07, 6.45) is 1.25. The first-order chi connectivity index (χ1) is 14.0. The fourth-order valence-corrected chi connectivity index (χ4v) is 3.58. The van der Waals surface area contributed by atoms with E-state index in [9.17, 15) is 9.59 Å². The zero-order valence-corrected chi connectivity index (χ0v) is 17.6. The number of benzene rings is 2. The number of nitrogens with zero attached hydrogens (tertiary/aromatic N) is 2. The van der Waals surface area contributed by atoms with Gasteiger partial charge in [0.15, 0.2) is 0 Å². The number of amides is 2. The third kappa shape index (κ3) is 5.37. The number of carbonyl (C=O) groups is 2. The molecular weight excluding hydrogens is 364 g/mol. The second-order valence-electron chi connectivity index (χ2n) is 7.80. The normalized spacial score (nSPS) is 14.2. The number of methoxy groups -OCH3 is 1. The second kappa shape index (κ2) is 9.59. The van der Waals surface area contributed by atoms with Gasteiger partial charge < -0.3 is 14.5 Å². The van der Waals surface area contributed by atoms with Crippen LogP contribution in [0.3, 0.4) is 0 Å². The molecule has 0 aliphatic carbocycles. The van der Waals surface area contributed by atoms with Crippen LogP contribution in [0.25, 0.3) is 0 Å². The quantitative estimate of drug-likeness (QED) is 0.750. The summed E-state index contributed by atoms with van der Waals surface area (Å²) in [6, 6.07) is 15.7. The third-order valence-electron chi connectivity index (χ3n) is 5.51. The van der Waals surface area contributed by atoms with Crippen molar-refractivity contribution in [3.8, 4) is 5.75 Å². The van der Waals surface area contributed by atoms with Crippen molar-refractivity contribution in [1.82, 2.24) is 9.80 Å². The van der Waals surface area contributed by atoms with Crippen LogP contribution in [0.5, 0.6) is 5.75 Å². The Morgan fingerprint density at radius 1 is 0.966 bits per heavy atom. The molecule has 1 heterocycles. The average molecular weight is 395 g/mol. The Hall–Kier alpha value is -2.82. The Bertz CT molecular complexity index is 837. The van der Waals surface area contributed by atoms with Crippen molar-refractivity contribution in [3.05, 3.63) is 65.2 Å². The molecule has 1 fully saturated rings. The summed E-state index contributed by atoms with van der Waals surface area (Å²) in [7, 11) is 1.59. The first-order valence-electron chi connectivity index (χ1n) is 10.3. The standard InChI is InChI=1S/C24H30N2O3/c1-18(2)20-10-7-19(8-11-20)9-12-23(27)25-13-15-26(16-14-25)24(28)21-5-4-6-22(17-21)29-3/h4-8,10-11,17-18H,9,12-16H2,1-3H3. The van der Waals surface area contributed by atoms with E-state index in [1.54, 1.807) is 19.2 Å². The summed E-state index contributed by atoms with van der Waals surface area (Å²) in [5, 5.41) is 0. The predicted molar refractivity (Wildman–Crippen MR) is 114 cm³/mol. The van der Waals surface area contributed by atoms with Crippen molar-refractivity contribution in [3.63, 3.8) is 0 Å². The SMILES string of the molecule is COc1cccc(C(=O)N2CCN(C(=O)CCc3ccc(C(C)C)cc3)CC2)c1. The van der Waals surface area contributed by atoms with Crippen LogP contribution in [0.1, 0.15) is 47.7 Å². The van der Waals surface area contributed by atoms with Gasteiger partial charge in [-0.05, 0) is 41.7 Å². The van der Waals surface area contributed by atoms with Crippen molar-refractivity contribution in [1.29, 1.82) is 0 Å². The van der Waals surface area contributed by atoms with Crippen molar-refractivity contribution in [2.45, 2.75) is 32.6 Å². The van der Waals surface area contributed by atoms with E-state index in [0.29, 0.717) is 49.8 Å². The van der Waals surface area contributed by atoms with Crippen LogP contribution in [0.15, 0.2) is 48.5 Å². The molecule has 0 atom stereocenters. The molecule has 1 aliphatic rings. The third-order valence-corrected chi connectivity index (χ3v) is 5.51. The first kappa shape index (κ1) is 20.9. The van der Waals surface area contributed by atoms with Gasteiger partial charge in [0.05, 0.1) is 7.11 Å². The van der Waals surface area contributed by atoms with Crippen molar-refractivity contribution in [2.75, 3.05) is 33.3 Å². The van der Waals surface area contributed by atoms with E-state index >= 15 is 0 Å². The van der Waals surface area contributed by atoms with Gasteiger partial charge in [-0.25, -0.2) is 0 Å². The van der Waals surface area contributed by atoms with E-state index in [2.05, 4.69) is 38.1 Å². The molecule has 2 amide bonds. The molecule has 0 N–H and O–H groups in total. The number of piperazine rings is 1. The van der Waals surface area contributed by atoms with Gasteiger partial charge in [0.1, 0.15) is 5.75 Å². The van der Waals surface area contributed by atoms with E-state index in [4.69, 9.17) is 4.74 Å². The highest BCUT2D eigenvalue weighted by Crippen LogP contribution is 2.17. The van der Waals surface area contributed by atoms with E-state index in [1.165, 1.54) is 11.1 Å². The maximum atomic E-state index is 12.7. The summed E-state index contributed by atoms with van der Waals surface area (Å²) >= 11 is 0. The molecule has 0 saturated carbocycles. The Morgan fingerprint density at radius 2 is 1.62 bits per heavy atom. The van der Waals surface area contributed by atoms with Crippen LogP contribution >= 0.6 is 0 Å². The molecule has 0 radical (unpaired) electrons. The van der Waals surface area contributed by atoms with Gasteiger partial charge >= 0.3 is 0 Å². The molecule has 1 saturated heterocycles. The fraction of sp³-hybridized carbons (Fsp3) is 0.417. The lowest BCUT2D eigenvalue weighted by Gasteiger charge is -2.35. The summed E-state index contributed by atoms with van der Waals surface area (Å²) < 4.78 is 5.20. The topological polar surface area (TPSA) is 49.9 Å². The zero-order chi connectivity index (χ0) is 20.8. The molecule has 0 unspecified atom stereocenters. The molecule has 0 aromatic heterocycles. The lowest BCUT2D eigenvalue weighted by Crippen LogP contribution is -2.50. The number of aryl methyl sites for hydroxylation is 1. The lowest BCUT2D eigenvalue weighted by molar-refractivity contribution is -0.132. The van der Waals surface area contributed by atoms with E-state index in [1.807, 2.05) is 21.9 Å². The molecule has 5 nitrogen and oxygen atoms in total. The van der Waals surface area contributed by atoms with E-state index in [-0.39, 0.29) is 11.8 Å². The molecule has 2 aromatic rings. The van der Waals surface area contributed by atoms with E-state index in [0.717, 1.165) is 6.42 Å². The van der Waals surface area contributed by atoms with Gasteiger partial charge in [0.25, 0.3) is 5.91 Å². The summed E-state index contributed by atoms with van der Waals surface area (Å²) in [5.41, 5.74) is 3.13. The van der Waals surface area contributed by atoms with Gasteiger partial charge in [0.2, 0.25) is 5.91 Å². The van der Waals surface area contributed by atoms with Gasteiger partial charge in [-0.3, -0.25) is 9.59 Å². The van der Waals surface area contributed by atoms with Crippen molar-refractivity contribution < 1.29 is 14.3 Å². The number of ether oxygens (including phenoxy) is 1. The summed E-state index contributed by atoms with van der Waals surface area (Å²) in [4.78, 5) is 29.0. The largest absolute Gasteiger partial charge is 0.497 e. The van der Waals surface area contributed by atoms with Crippen molar-refractivity contribution in [2.24, 2.45) is 0 Å². The first-order valence-corrected chi connectivity index (χ1v) is 10.3. The highest BCUT2D eigenvalue weighted by molar-refractivity contribution is 5.94. The number of carbonyl (C=O) groups excluding carboxylic acids is 2. The van der Waals surface area contributed by atoms with Crippen LogP contribution < -0.4 is 4.74 Å². The maximum Gasteiger partial charge on any atom is 0.254 e. The minimum atomic E-state index is -0.0127. The van der Waals surface area contributed by atoms with Crippen LogP contribution in [0, 0.1) is 0 Å². The van der Waals surface area contributed by atoms with Gasteiger partial charge in [-0.15, -0.1) is 0 Å². The Kier molecular flexibility index (Phi) is 6.91. The molecule has 0 bridgehead atoms. The lowest BCUT2D eigenvalue weighted by atomic mass is 10.00. The van der Waals surface area contributed by atoms with Crippen LogP contribution in [-0.4, -0.2) is 54.9 Å². The highest BCUT2D eigenvalue weighted by Gasteiger charge is 2.24. The molecule has 5 heteroatoms. The highest BCUT2D eigenvalue weighted by atomic mass is 16.5. The van der Waals surface area contributed by atoms with Crippen LogP contribution in [0.4, 0.5) is 0 Å². The number of hydrogen-bond acceptors (Lipinski definition) is 3. The molecule has 3 rings (SSSR count). The number of hydrogen-bond donors (Lipinski definition) is 0. The molecular formula is C24H30N2O3. The molecule has 1 aliphatic heterocycles.